The maximum atomic E-state index is 12.2. The summed E-state index contributed by atoms with van der Waals surface area (Å²) in [4.78, 5) is 17.5. The molecule has 0 aliphatic carbocycles. The van der Waals surface area contributed by atoms with Gasteiger partial charge >= 0.3 is 6.03 Å². The lowest BCUT2D eigenvalue weighted by molar-refractivity contribution is 0.262. The monoisotopic (exact) mass is 365 g/mol. The third kappa shape index (κ3) is 4.92. The Kier molecular flexibility index (Phi) is 5.38. The van der Waals surface area contributed by atoms with Crippen LogP contribution in [0.15, 0.2) is 60.2 Å². The Balaban J connectivity index is 1.57. The lowest BCUT2D eigenvalue weighted by Gasteiger charge is -2.15. The molecule has 0 aliphatic rings. The molecule has 2 N–H and O–H groups in total. The third-order valence-corrected chi connectivity index (χ3v) is 5.32. The lowest BCUT2D eigenvalue weighted by atomic mass is 9.95. The molecular weight excluding hydrogens is 342 g/mol. The number of anilines is 2. The molecule has 1 aromatic carbocycles. The highest BCUT2D eigenvalue weighted by atomic mass is 32.1. The first kappa shape index (κ1) is 18.1. The van der Waals surface area contributed by atoms with E-state index < -0.39 is 0 Å². The fourth-order valence-corrected chi connectivity index (χ4v) is 3.46. The zero-order valence-electron chi connectivity index (χ0n) is 15.2. The van der Waals surface area contributed by atoms with Gasteiger partial charge in [0.25, 0.3) is 0 Å². The molecule has 0 bridgehead atoms. The number of hydrogen-bond donors (Lipinski definition) is 2. The van der Waals surface area contributed by atoms with E-state index in [4.69, 9.17) is 0 Å². The first-order valence-corrected chi connectivity index (χ1v) is 9.43. The normalized spacial score (nSPS) is 11.2. The highest BCUT2D eigenvalue weighted by Crippen LogP contribution is 2.30. The van der Waals surface area contributed by atoms with Crippen molar-refractivity contribution < 1.29 is 4.79 Å². The van der Waals surface area contributed by atoms with E-state index in [1.54, 1.807) is 23.7 Å². The van der Waals surface area contributed by atoms with Crippen LogP contribution in [0.5, 0.6) is 0 Å². The van der Waals surface area contributed by atoms with Crippen LogP contribution in [0.25, 0.3) is 0 Å². The van der Waals surface area contributed by atoms with Gasteiger partial charge in [0.1, 0.15) is 0 Å². The Hall–Kier alpha value is -2.66. The van der Waals surface area contributed by atoms with Crippen LogP contribution in [0.2, 0.25) is 0 Å². The number of benzene rings is 1. The number of urea groups is 1. The van der Waals surface area contributed by atoms with E-state index in [1.807, 2.05) is 47.8 Å². The second-order valence-corrected chi connectivity index (χ2v) is 8.17. The van der Waals surface area contributed by atoms with E-state index in [2.05, 4.69) is 36.4 Å². The number of carbonyl (C=O) groups is 1. The van der Waals surface area contributed by atoms with Gasteiger partial charge < -0.3 is 10.6 Å². The fourth-order valence-electron chi connectivity index (χ4n) is 2.53. The molecule has 2 amide bonds. The Morgan fingerprint density at radius 1 is 0.962 bits per heavy atom. The average Bonchev–Trinajstić information content (AvgIpc) is 3.06. The van der Waals surface area contributed by atoms with E-state index in [9.17, 15) is 4.79 Å². The van der Waals surface area contributed by atoms with Crippen molar-refractivity contribution in [3.63, 3.8) is 0 Å². The van der Waals surface area contributed by atoms with Crippen molar-refractivity contribution in [2.24, 2.45) is 0 Å². The van der Waals surface area contributed by atoms with Gasteiger partial charge in [-0.3, -0.25) is 4.98 Å². The van der Waals surface area contributed by atoms with Gasteiger partial charge in [-0.15, -0.1) is 11.3 Å². The predicted octanol–water partition coefficient (Wildman–Crippen LogP) is 5.68. The zero-order chi connectivity index (χ0) is 18.6. The van der Waals surface area contributed by atoms with Crippen molar-refractivity contribution in [1.29, 1.82) is 0 Å². The molecule has 3 aromatic rings. The Morgan fingerprint density at radius 3 is 2.19 bits per heavy atom. The van der Waals surface area contributed by atoms with Crippen LogP contribution in [0.4, 0.5) is 16.2 Å². The largest absolute Gasteiger partial charge is 0.323 e. The van der Waals surface area contributed by atoms with Crippen LogP contribution in [-0.4, -0.2) is 11.0 Å². The molecule has 2 aromatic heterocycles. The minimum Gasteiger partial charge on any atom is -0.308 e. The second kappa shape index (κ2) is 7.70. The van der Waals surface area contributed by atoms with Gasteiger partial charge in [-0.25, -0.2) is 4.79 Å². The number of aromatic nitrogens is 1. The fraction of sp³-hybridized carbons (Fsp3) is 0.238. The summed E-state index contributed by atoms with van der Waals surface area (Å²) in [5, 5.41) is 7.74. The van der Waals surface area contributed by atoms with Gasteiger partial charge in [0.05, 0.1) is 5.69 Å². The molecule has 0 radical (unpaired) electrons. The average molecular weight is 366 g/mol. The van der Waals surface area contributed by atoms with Crippen molar-refractivity contribution in [3.8, 4) is 0 Å². The quantitative estimate of drug-likeness (QED) is 0.625. The first-order valence-electron chi connectivity index (χ1n) is 8.55. The minimum absolute atomic E-state index is 0.0890. The molecule has 26 heavy (non-hydrogen) atoms. The van der Waals surface area contributed by atoms with Crippen LogP contribution < -0.4 is 10.6 Å². The third-order valence-electron chi connectivity index (χ3n) is 3.97. The van der Waals surface area contributed by atoms with E-state index in [-0.39, 0.29) is 11.4 Å². The number of hydrogen-bond acceptors (Lipinski definition) is 3. The number of nitrogens with one attached hydrogen (secondary N) is 2. The number of thiophene rings is 1. The van der Waals surface area contributed by atoms with E-state index in [0.29, 0.717) is 0 Å². The Morgan fingerprint density at radius 2 is 1.58 bits per heavy atom. The zero-order valence-corrected chi connectivity index (χ0v) is 16.1. The van der Waals surface area contributed by atoms with Crippen molar-refractivity contribution in [2.45, 2.75) is 32.6 Å². The Labute approximate surface area is 158 Å². The van der Waals surface area contributed by atoms with Crippen molar-refractivity contribution in [1.82, 2.24) is 4.98 Å². The summed E-state index contributed by atoms with van der Waals surface area (Å²) in [6.45, 7) is 6.49. The molecule has 2 heterocycles. The number of nitrogens with zero attached hydrogens (tertiary/aromatic N) is 1. The summed E-state index contributed by atoms with van der Waals surface area (Å²) in [6, 6.07) is 13.7. The first-order chi connectivity index (χ1) is 12.4. The van der Waals surface area contributed by atoms with Gasteiger partial charge in [0.2, 0.25) is 0 Å². The molecule has 0 unspecified atom stereocenters. The molecule has 0 aliphatic heterocycles. The van der Waals surface area contributed by atoms with Crippen LogP contribution >= 0.6 is 11.3 Å². The summed E-state index contributed by atoms with van der Waals surface area (Å²) in [6.07, 6.45) is 4.44. The van der Waals surface area contributed by atoms with Gasteiger partial charge in [0, 0.05) is 28.3 Å². The summed E-state index contributed by atoms with van der Waals surface area (Å²) in [5.74, 6) is 0. The van der Waals surface area contributed by atoms with Crippen LogP contribution in [-0.2, 0) is 11.8 Å². The summed E-state index contributed by atoms with van der Waals surface area (Å²) >= 11 is 1.66. The number of amides is 2. The lowest BCUT2D eigenvalue weighted by Crippen LogP contribution is -2.19. The minimum atomic E-state index is -0.231. The van der Waals surface area contributed by atoms with Crippen molar-refractivity contribution in [2.75, 3.05) is 10.6 Å². The summed E-state index contributed by atoms with van der Waals surface area (Å²) in [7, 11) is 0. The smallest absolute Gasteiger partial charge is 0.308 e. The molecular formula is C21H23N3OS. The highest BCUT2D eigenvalue weighted by Gasteiger charge is 2.16. The molecule has 0 saturated carbocycles. The van der Waals surface area contributed by atoms with Gasteiger partial charge in [0.15, 0.2) is 0 Å². The molecule has 0 atom stereocenters. The number of pyridine rings is 1. The summed E-state index contributed by atoms with van der Waals surface area (Å²) < 4.78 is 0. The van der Waals surface area contributed by atoms with Crippen molar-refractivity contribution in [3.05, 3.63) is 76.2 Å². The molecule has 0 spiro atoms. The van der Waals surface area contributed by atoms with E-state index in [1.165, 1.54) is 16.0 Å². The van der Waals surface area contributed by atoms with Crippen LogP contribution in [0, 0.1) is 0 Å². The maximum absolute atomic E-state index is 12.2. The number of carbonyl (C=O) groups excluding carboxylic acids is 1. The molecule has 134 valence electrons. The molecule has 3 rings (SSSR count). The van der Waals surface area contributed by atoms with Gasteiger partial charge in [-0.1, -0.05) is 32.9 Å². The standard InChI is InChI=1S/C21H23N3OS/c1-21(2,3)19-13-18(14-26-19)24-20(25)23-17-6-4-15(5-7-17)12-16-8-10-22-11-9-16/h4-11,13-14H,12H2,1-3H3,(H2,23,24,25). The van der Waals surface area contributed by atoms with Crippen LogP contribution in [0.3, 0.4) is 0 Å². The van der Waals surface area contributed by atoms with Gasteiger partial charge in [-0.2, -0.15) is 0 Å². The van der Waals surface area contributed by atoms with Crippen molar-refractivity contribution >= 4 is 28.7 Å². The molecule has 5 heteroatoms. The SMILES string of the molecule is CC(C)(C)c1cc(NC(=O)Nc2ccc(Cc3ccncc3)cc2)cs1. The summed E-state index contributed by atoms with van der Waals surface area (Å²) in [5.41, 5.74) is 4.09. The second-order valence-electron chi connectivity index (χ2n) is 7.26. The maximum Gasteiger partial charge on any atom is 0.323 e. The number of rotatable bonds is 4. The van der Waals surface area contributed by atoms with E-state index >= 15 is 0 Å². The molecule has 4 nitrogen and oxygen atoms in total. The highest BCUT2D eigenvalue weighted by molar-refractivity contribution is 7.10. The molecule has 0 saturated heterocycles. The topological polar surface area (TPSA) is 54.0 Å². The molecule has 0 fully saturated rings. The van der Waals surface area contributed by atoms with Crippen LogP contribution in [0.1, 0.15) is 36.8 Å². The predicted molar refractivity (Wildman–Crippen MR) is 109 cm³/mol. The van der Waals surface area contributed by atoms with Gasteiger partial charge in [-0.05, 0) is 53.3 Å². The van der Waals surface area contributed by atoms with E-state index in [0.717, 1.165) is 17.8 Å². The Bertz CT molecular complexity index is 864.